The number of ether oxygens (including phenoxy) is 1. The maximum absolute atomic E-state index is 12.6. The first kappa shape index (κ1) is 18.9. The van der Waals surface area contributed by atoms with Crippen molar-refractivity contribution in [2.75, 3.05) is 45.2 Å². The van der Waals surface area contributed by atoms with E-state index in [1.54, 1.807) is 30.3 Å². The van der Waals surface area contributed by atoms with Gasteiger partial charge in [-0.1, -0.05) is 12.1 Å². The lowest BCUT2D eigenvalue weighted by molar-refractivity contribution is 0.0664. The Labute approximate surface area is 159 Å². The molecule has 0 spiro atoms. The molecule has 0 radical (unpaired) electrons. The molecule has 1 aliphatic heterocycles. The second-order valence-corrected chi connectivity index (χ2v) is 6.56. The summed E-state index contributed by atoms with van der Waals surface area (Å²) in [6, 6.07) is 14.1. The van der Waals surface area contributed by atoms with Gasteiger partial charge in [0.2, 0.25) is 0 Å². The van der Waals surface area contributed by atoms with Crippen LogP contribution >= 0.6 is 0 Å². The summed E-state index contributed by atoms with van der Waals surface area (Å²) in [5.41, 5.74) is 1.73. The van der Waals surface area contributed by atoms with Gasteiger partial charge in [0.25, 0.3) is 11.8 Å². The van der Waals surface area contributed by atoms with Crippen LogP contribution in [0.25, 0.3) is 0 Å². The second kappa shape index (κ2) is 8.68. The van der Waals surface area contributed by atoms with Crippen molar-refractivity contribution in [3.8, 4) is 5.75 Å². The van der Waals surface area contributed by atoms with Gasteiger partial charge < -0.3 is 19.9 Å². The molecule has 1 saturated heterocycles. The van der Waals surface area contributed by atoms with Crippen molar-refractivity contribution in [2.45, 2.75) is 6.92 Å². The van der Waals surface area contributed by atoms with Crippen molar-refractivity contribution < 1.29 is 14.3 Å². The number of rotatable bonds is 5. The monoisotopic (exact) mass is 367 g/mol. The molecular formula is C21H25N3O3. The first-order valence-electron chi connectivity index (χ1n) is 9.19. The fourth-order valence-electron chi connectivity index (χ4n) is 3.00. The first-order valence-corrected chi connectivity index (χ1v) is 9.19. The van der Waals surface area contributed by atoms with Crippen LogP contribution in [-0.2, 0) is 0 Å². The Morgan fingerprint density at radius 3 is 2.26 bits per heavy atom. The van der Waals surface area contributed by atoms with Crippen LogP contribution < -0.4 is 10.1 Å². The summed E-state index contributed by atoms with van der Waals surface area (Å²) in [6.45, 7) is 5.64. The van der Waals surface area contributed by atoms with E-state index in [1.807, 2.05) is 30.0 Å². The molecule has 6 nitrogen and oxygen atoms in total. The van der Waals surface area contributed by atoms with Crippen LogP contribution in [-0.4, -0.2) is 61.4 Å². The van der Waals surface area contributed by atoms with Crippen molar-refractivity contribution in [2.24, 2.45) is 0 Å². The summed E-state index contributed by atoms with van der Waals surface area (Å²) in [6.07, 6.45) is 0. The lowest BCUT2D eigenvalue weighted by Crippen LogP contribution is -2.47. The number of nitrogens with zero attached hydrogens (tertiary/aromatic N) is 2. The summed E-state index contributed by atoms with van der Waals surface area (Å²) >= 11 is 0. The minimum absolute atomic E-state index is 0.0109. The predicted octanol–water partition coefficient (Wildman–Crippen LogP) is 2.73. The summed E-state index contributed by atoms with van der Waals surface area (Å²) in [4.78, 5) is 29.2. The summed E-state index contributed by atoms with van der Waals surface area (Å²) < 4.78 is 5.53. The fourth-order valence-corrected chi connectivity index (χ4v) is 3.00. The summed E-state index contributed by atoms with van der Waals surface area (Å²) in [7, 11) is 2.05. The lowest BCUT2D eigenvalue weighted by Gasteiger charge is -2.32. The minimum atomic E-state index is -0.235. The Balaban J connectivity index is 1.66. The standard InChI is InChI=1S/C21H25N3O3/c1-3-27-19-7-5-4-6-18(19)22-20(25)16-8-10-17(11-9-16)21(26)24-14-12-23(2)13-15-24/h4-11H,3,12-15H2,1-2H3,(H,22,25). The lowest BCUT2D eigenvalue weighted by atomic mass is 10.1. The number of para-hydroxylation sites is 2. The number of anilines is 1. The van der Waals surface area contributed by atoms with E-state index in [9.17, 15) is 9.59 Å². The highest BCUT2D eigenvalue weighted by atomic mass is 16.5. The van der Waals surface area contributed by atoms with E-state index in [2.05, 4.69) is 17.3 Å². The Hall–Kier alpha value is -2.86. The van der Waals surface area contributed by atoms with Gasteiger partial charge in [0.05, 0.1) is 12.3 Å². The second-order valence-electron chi connectivity index (χ2n) is 6.56. The van der Waals surface area contributed by atoms with Crippen LogP contribution in [0, 0.1) is 0 Å². The van der Waals surface area contributed by atoms with E-state index < -0.39 is 0 Å². The molecule has 1 aliphatic rings. The number of hydrogen-bond donors (Lipinski definition) is 1. The van der Waals surface area contributed by atoms with Gasteiger partial charge in [0.15, 0.2) is 0 Å². The van der Waals surface area contributed by atoms with E-state index >= 15 is 0 Å². The number of hydrogen-bond acceptors (Lipinski definition) is 4. The van der Waals surface area contributed by atoms with Crippen LogP contribution in [0.1, 0.15) is 27.6 Å². The average Bonchev–Trinajstić information content (AvgIpc) is 2.70. The third kappa shape index (κ3) is 4.65. The molecular weight excluding hydrogens is 342 g/mol. The predicted molar refractivity (Wildman–Crippen MR) is 105 cm³/mol. The molecule has 1 heterocycles. The molecule has 0 aliphatic carbocycles. The Kier molecular flexibility index (Phi) is 6.08. The van der Waals surface area contributed by atoms with E-state index in [4.69, 9.17) is 4.74 Å². The smallest absolute Gasteiger partial charge is 0.255 e. The van der Waals surface area contributed by atoms with Gasteiger partial charge in [-0.15, -0.1) is 0 Å². The van der Waals surface area contributed by atoms with Gasteiger partial charge >= 0.3 is 0 Å². The Morgan fingerprint density at radius 1 is 0.963 bits per heavy atom. The van der Waals surface area contributed by atoms with Crippen LogP contribution in [0.3, 0.4) is 0 Å². The number of piperazine rings is 1. The van der Waals surface area contributed by atoms with Crippen molar-refractivity contribution >= 4 is 17.5 Å². The van der Waals surface area contributed by atoms with E-state index in [-0.39, 0.29) is 11.8 Å². The van der Waals surface area contributed by atoms with Crippen LogP contribution in [0.15, 0.2) is 48.5 Å². The number of likely N-dealkylation sites (N-methyl/N-ethyl adjacent to an activating group) is 1. The molecule has 0 saturated carbocycles. The largest absolute Gasteiger partial charge is 0.492 e. The molecule has 0 aromatic heterocycles. The number of amides is 2. The van der Waals surface area contributed by atoms with Gasteiger partial charge in [-0.25, -0.2) is 0 Å². The molecule has 2 aromatic rings. The van der Waals surface area contributed by atoms with E-state index in [0.29, 0.717) is 29.2 Å². The molecule has 3 rings (SSSR count). The number of carbonyl (C=O) groups is 2. The Morgan fingerprint density at radius 2 is 1.59 bits per heavy atom. The fraction of sp³-hybridized carbons (Fsp3) is 0.333. The average molecular weight is 367 g/mol. The van der Waals surface area contributed by atoms with Crippen molar-refractivity contribution in [3.63, 3.8) is 0 Å². The molecule has 27 heavy (non-hydrogen) atoms. The molecule has 0 atom stereocenters. The van der Waals surface area contributed by atoms with Crippen LogP contribution in [0.5, 0.6) is 5.75 Å². The SMILES string of the molecule is CCOc1ccccc1NC(=O)c1ccc(C(=O)N2CCN(C)CC2)cc1. The summed E-state index contributed by atoms with van der Waals surface area (Å²) in [5, 5.41) is 2.86. The first-order chi connectivity index (χ1) is 13.1. The van der Waals surface area contributed by atoms with Gasteiger partial charge in [-0.05, 0) is 50.4 Å². The van der Waals surface area contributed by atoms with Crippen molar-refractivity contribution in [3.05, 3.63) is 59.7 Å². The van der Waals surface area contributed by atoms with Crippen LogP contribution in [0.4, 0.5) is 5.69 Å². The molecule has 1 N–H and O–H groups in total. The summed E-state index contributed by atoms with van der Waals surface area (Å²) in [5.74, 6) is 0.410. The van der Waals surface area contributed by atoms with E-state index in [0.717, 1.165) is 26.2 Å². The molecule has 0 unspecified atom stereocenters. The number of carbonyl (C=O) groups excluding carboxylic acids is 2. The quantitative estimate of drug-likeness (QED) is 0.883. The van der Waals surface area contributed by atoms with Crippen molar-refractivity contribution in [1.82, 2.24) is 9.80 Å². The highest BCUT2D eigenvalue weighted by Crippen LogP contribution is 2.24. The third-order valence-corrected chi connectivity index (χ3v) is 4.62. The zero-order valence-electron chi connectivity index (χ0n) is 15.8. The molecule has 0 bridgehead atoms. The maximum atomic E-state index is 12.6. The highest BCUT2D eigenvalue weighted by molar-refractivity contribution is 6.05. The normalized spacial score (nSPS) is 14.7. The van der Waals surface area contributed by atoms with Gasteiger partial charge in [0.1, 0.15) is 5.75 Å². The van der Waals surface area contributed by atoms with Gasteiger partial charge in [-0.3, -0.25) is 9.59 Å². The van der Waals surface area contributed by atoms with Crippen molar-refractivity contribution in [1.29, 1.82) is 0 Å². The van der Waals surface area contributed by atoms with Gasteiger partial charge in [0, 0.05) is 37.3 Å². The molecule has 2 aromatic carbocycles. The molecule has 1 fully saturated rings. The minimum Gasteiger partial charge on any atom is -0.492 e. The maximum Gasteiger partial charge on any atom is 0.255 e. The highest BCUT2D eigenvalue weighted by Gasteiger charge is 2.20. The molecule has 2 amide bonds. The molecule has 6 heteroatoms. The van der Waals surface area contributed by atoms with Crippen LogP contribution in [0.2, 0.25) is 0 Å². The zero-order valence-corrected chi connectivity index (χ0v) is 15.8. The number of benzene rings is 2. The topological polar surface area (TPSA) is 61.9 Å². The zero-order chi connectivity index (χ0) is 19.2. The van der Waals surface area contributed by atoms with Gasteiger partial charge in [-0.2, -0.15) is 0 Å². The Bertz CT molecular complexity index is 797. The van der Waals surface area contributed by atoms with E-state index in [1.165, 1.54) is 0 Å². The molecule has 142 valence electrons. The third-order valence-electron chi connectivity index (χ3n) is 4.62. The number of nitrogens with one attached hydrogen (secondary N) is 1.